The molecule has 3 heterocycles. The highest BCUT2D eigenvalue weighted by atomic mass is 19.4. The highest BCUT2D eigenvalue weighted by Gasteiger charge is 2.68. The smallest absolute Gasteiger partial charge is 0.426 e. The first-order chi connectivity index (χ1) is 17.6. The van der Waals surface area contributed by atoms with E-state index in [0.29, 0.717) is 23.8 Å². The number of hydrogen-bond donors (Lipinski definition) is 0. The van der Waals surface area contributed by atoms with E-state index >= 15 is 0 Å². The van der Waals surface area contributed by atoms with E-state index in [1.807, 2.05) is 4.90 Å². The maximum Gasteiger partial charge on any atom is 0.434 e. The van der Waals surface area contributed by atoms with E-state index in [0.717, 1.165) is 18.9 Å². The molecule has 38 heavy (non-hydrogen) atoms. The summed E-state index contributed by atoms with van der Waals surface area (Å²) in [5, 5.41) is 0. The van der Waals surface area contributed by atoms with Crippen LogP contribution in [0.3, 0.4) is 0 Å². The number of piperazine rings is 1. The zero-order valence-corrected chi connectivity index (χ0v) is 19.8. The van der Waals surface area contributed by atoms with Crippen LogP contribution in [0.1, 0.15) is 24.0 Å². The molecule has 212 valence electrons. The van der Waals surface area contributed by atoms with Crippen LogP contribution in [0.5, 0.6) is 0 Å². The van der Waals surface area contributed by atoms with Crippen molar-refractivity contribution in [3.8, 4) is 0 Å². The van der Waals surface area contributed by atoms with Gasteiger partial charge in [-0.1, -0.05) is 6.07 Å². The molecule has 0 aromatic heterocycles. The van der Waals surface area contributed by atoms with Crippen LogP contribution in [-0.2, 0) is 22.2 Å². The lowest BCUT2D eigenvalue weighted by Gasteiger charge is -2.68. The van der Waals surface area contributed by atoms with Gasteiger partial charge >= 0.3 is 24.6 Å². The second kappa shape index (κ2) is 9.07. The Morgan fingerprint density at radius 3 is 2.21 bits per heavy atom. The lowest BCUT2D eigenvalue weighted by Crippen LogP contribution is -2.77. The number of carbonyl (C=O) groups excluding carboxylic acids is 1. The van der Waals surface area contributed by atoms with Crippen molar-refractivity contribution in [1.82, 2.24) is 9.80 Å². The number of carbonyl (C=O) groups is 1. The Labute approximate surface area is 211 Å². The van der Waals surface area contributed by atoms with E-state index in [4.69, 9.17) is 4.74 Å². The first-order valence-corrected chi connectivity index (χ1v) is 12.0. The third-order valence-electron chi connectivity index (χ3n) is 8.09. The summed E-state index contributed by atoms with van der Waals surface area (Å²) in [5.41, 5.74) is -0.360. The SMILES string of the molecule is O=C(OC(C(F)(F)F)C(F)(F)F)N1CCN(Cc2c(N3C4CCC45COCC35)cccc2C(F)(F)F)CC1. The molecular formula is C23H24F9N3O3. The Morgan fingerprint density at radius 1 is 1.00 bits per heavy atom. The molecule has 4 aliphatic rings. The second-order valence-corrected chi connectivity index (χ2v) is 10.1. The standard InChI is InChI=1S/C23H24F9N3O3/c24-21(25,26)14-2-1-3-15(35-16-4-5-20(16)12-37-11-17(20)35)13(14)10-33-6-8-34(9-7-33)19(36)38-18(22(27,28)29)23(30,31)32/h1-3,16-18H,4-12H2. The average molecular weight is 561 g/mol. The zero-order valence-electron chi connectivity index (χ0n) is 19.8. The maximum absolute atomic E-state index is 14.0. The van der Waals surface area contributed by atoms with Gasteiger partial charge in [-0.25, -0.2) is 4.79 Å². The van der Waals surface area contributed by atoms with Gasteiger partial charge < -0.3 is 19.3 Å². The van der Waals surface area contributed by atoms with E-state index < -0.39 is 36.3 Å². The van der Waals surface area contributed by atoms with Gasteiger partial charge in [-0.15, -0.1) is 0 Å². The highest BCUT2D eigenvalue weighted by Crippen LogP contribution is 2.62. The molecule has 1 aromatic rings. The van der Waals surface area contributed by atoms with Crippen LogP contribution < -0.4 is 4.90 Å². The van der Waals surface area contributed by atoms with Crippen LogP contribution >= 0.6 is 0 Å². The predicted molar refractivity (Wildman–Crippen MR) is 113 cm³/mol. The van der Waals surface area contributed by atoms with Gasteiger partial charge in [0.2, 0.25) is 0 Å². The summed E-state index contributed by atoms with van der Waals surface area (Å²) in [5.74, 6) is 0. The summed E-state index contributed by atoms with van der Waals surface area (Å²) in [6.07, 6.45) is -20.6. The fourth-order valence-electron chi connectivity index (χ4n) is 6.12. The molecule has 5 rings (SSSR count). The maximum atomic E-state index is 14.0. The number of alkyl halides is 9. The van der Waals surface area contributed by atoms with Crippen LogP contribution in [0.4, 0.5) is 50.0 Å². The number of halogens is 9. The topological polar surface area (TPSA) is 45.2 Å². The van der Waals surface area contributed by atoms with E-state index in [2.05, 4.69) is 4.74 Å². The Kier molecular flexibility index (Phi) is 6.48. The summed E-state index contributed by atoms with van der Waals surface area (Å²) in [7, 11) is 0. The van der Waals surface area contributed by atoms with Crippen molar-refractivity contribution in [2.75, 3.05) is 44.3 Å². The van der Waals surface area contributed by atoms with Crippen LogP contribution in [0.2, 0.25) is 0 Å². The summed E-state index contributed by atoms with van der Waals surface area (Å²) < 4.78 is 128. The molecule has 15 heteroatoms. The molecule has 4 fully saturated rings. The third-order valence-corrected chi connectivity index (χ3v) is 8.09. The van der Waals surface area contributed by atoms with E-state index in [1.165, 1.54) is 6.07 Å². The molecule has 3 atom stereocenters. The molecule has 1 saturated carbocycles. The fourth-order valence-corrected chi connectivity index (χ4v) is 6.12. The summed E-state index contributed by atoms with van der Waals surface area (Å²) >= 11 is 0. The molecule has 3 saturated heterocycles. The molecule has 0 radical (unpaired) electrons. The van der Waals surface area contributed by atoms with E-state index in [9.17, 15) is 44.3 Å². The van der Waals surface area contributed by atoms with E-state index in [-0.39, 0.29) is 55.8 Å². The number of benzene rings is 1. The van der Waals surface area contributed by atoms with E-state index in [1.54, 1.807) is 11.0 Å². The third kappa shape index (κ3) is 4.54. The van der Waals surface area contributed by atoms with Crippen LogP contribution in [0.15, 0.2) is 18.2 Å². The molecule has 1 aliphatic carbocycles. The fraction of sp³-hybridized carbons (Fsp3) is 0.696. The van der Waals surface area contributed by atoms with Crippen LogP contribution in [-0.4, -0.2) is 85.8 Å². The minimum Gasteiger partial charge on any atom is -0.426 e. The number of anilines is 1. The van der Waals surface area contributed by atoms with Crippen molar-refractivity contribution in [3.05, 3.63) is 29.3 Å². The van der Waals surface area contributed by atoms with Gasteiger partial charge in [0.15, 0.2) is 0 Å². The lowest BCUT2D eigenvalue weighted by molar-refractivity contribution is -0.308. The van der Waals surface area contributed by atoms with Crippen molar-refractivity contribution in [1.29, 1.82) is 0 Å². The van der Waals surface area contributed by atoms with Crippen molar-refractivity contribution in [2.45, 2.75) is 56.1 Å². The van der Waals surface area contributed by atoms with Gasteiger partial charge in [-0.3, -0.25) is 4.90 Å². The summed E-state index contributed by atoms with van der Waals surface area (Å²) in [6, 6.07) is 4.03. The number of rotatable bonds is 4. The average Bonchev–Trinajstić information content (AvgIpc) is 3.23. The summed E-state index contributed by atoms with van der Waals surface area (Å²) in [6.45, 7) is 0.0874. The first kappa shape index (κ1) is 27.2. The number of nitrogens with zero attached hydrogens (tertiary/aromatic N) is 3. The molecule has 3 unspecified atom stereocenters. The van der Waals surface area contributed by atoms with Crippen molar-refractivity contribution >= 4 is 11.8 Å². The molecule has 1 amide bonds. The van der Waals surface area contributed by atoms with Crippen molar-refractivity contribution in [3.63, 3.8) is 0 Å². The summed E-state index contributed by atoms with van der Waals surface area (Å²) in [4.78, 5) is 16.3. The van der Waals surface area contributed by atoms with Gasteiger partial charge in [0.25, 0.3) is 6.10 Å². The molecule has 0 N–H and O–H groups in total. The highest BCUT2D eigenvalue weighted by molar-refractivity contribution is 5.68. The van der Waals surface area contributed by atoms with Gasteiger partial charge in [0.1, 0.15) is 0 Å². The molecule has 3 aliphatic heterocycles. The Balaban J connectivity index is 1.29. The minimum absolute atomic E-state index is 0.0229. The van der Waals surface area contributed by atoms with Gasteiger partial charge in [0, 0.05) is 55.4 Å². The van der Waals surface area contributed by atoms with Crippen LogP contribution in [0.25, 0.3) is 0 Å². The monoisotopic (exact) mass is 561 g/mol. The second-order valence-electron chi connectivity index (χ2n) is 10.1. The largest absolute Gasteiger partial charge is 0.434 e. The first-order valence-electron chi connectivity index (χ1n) is 12.0. The molecule has 6 nitrogen and oxygen atoms in total. The Hall–Kier alpha value is -2.42. The zero-order chi connectivity index (χ0) is 27.7. The van der Waals surface area contributed by atoms with Crippen LogP contribution in [0, 0.1) is 5.41 Å². The van der Waals surface area contributed by atoms with Gasteiger partial charge in [0.05, 0.1) is 24.8 Å². The van der Waals surface area contributed by atoms with Gasteiger partial charge in [-0.05, 0) is 25.0 Å². The Bertz CT molecular complexity index is 1050. The van der Waals surface area contributed by atoms with Crippen molar-refractivity contribution < 1.29 is 53.8 Å². The number of amides is 1. The number of hydrogen-bond acceptors (Lipinski definition) is 5. The quantitative estimate of drug-likeness (QED) is 0.494. The predicted octanol–water partition coefficient (Wildman–Crippen LogP) is 4.82. The minimum atomic E-state index is -5.84. The molecular weight excluding hydrogens is 537 g/mol. The Morgan fingerprint density at radius 2 is 1.66 bits per heavy atom. The van der Waals surface area contributed by atoms with Crippen molar-refractivity contribution in [2.24, 2.45) is 5.41 Å². The number of piperidine rings is 1. The number of ether oxygens (including phenoxy) is 2. The lowest BCUT2D eigenvalue weighted by atomic mass is 9.53. The normalized spacial score (nSPS) is 28.1. The molecule has 0 bridgehead atoms. The molecule has 1 spiro atoms. The van der Waals surface area contributed by atoms with Gasteiger partial charge in [-0.2, -0.15) is 39.5 Å². The molecule has 1 aromatic carbocycles.